The molecule has 0 aliphatic rings. The molecule has 208 valence electrons. The number of aryl methyl sites for hydroxylation is 1. The van der Waals surface area contributed by atoms with Crippen molar-refractivity contribution in [3.05, 3.63) is 93.5 Å². The van der Waals surface area contributed by atoms with Gasteiger partial charge in [0.05, 0.1) is 20.6 Å². The number of carbonyl (C=O) groups excluding carboxylic acids is 2. The number of halogens is 2. The van der Waals surface area contributed by atoms with Crippen LogP contribution in [0.2, 0.25) is 10.0 Å². The molecule has 0 bridgehead atoms. The van der Waals surface area contributed by atoms with Crippen LogP contribution in [-0.4, -0.2) is 43.8 Å². The molecule has 0 aromatic heterocycles. The van der Waals surface area contributed by atoms with Crippen LogP contribution in [0.5, 0.6) is 0 Å². The van der Waals surface area contributed by atoms with E-state index in [1.165, 1.54) is 17.0 Å². The van der Waals surface area contributed by atoms with Crippen molar-refractivity contribution in [1.82, 2.24) is 10.2 Å². The summed E-state index contributed by atoms with van der Waals surface area (Å²) >= 11 is 12.3. The van der Waals surface area contributed by atoms with E-state index in [2.05, 4.69) is 5.32 Å². The second kappa shape index (κ2) is 12.9. The zero-order chi connectivity index (χ0) is 28.9. The molecule has 10 heteroatoms. The highest BCUT2D eigenvalue weighted by Crippen LogP contribution is 2.29. The first-order valence-corrected chi connectivity index (χ1v) is 14.7. The fraction of sp³-hybridized carbons (Fsp3) is 0.310. The maximum atomic E-state index is 14.0. The lowest BCUT2D eigenvalue weighted by atomic mass is 10.1. The van der Waals surface area contributed by atoms with Gasteiger partial charge in [-0.1, -0.05) is 59.6 Å². The Labute approximate surface area is 240 Å². The van der Waals surface area contributed by atoms with Crippen molar-refractivity contribution in [3.63, 3.8) is 0 Å². The number of hydrogen-bond acceptors (Lipinski definition) is 4. The number of benzene rings is 3. The Morgan fingerprint density at radius 2 is 1.56 bits per heavy atom. The molecule has 0 spiro atoms. The van der Waals surface area contributed by atoms with Crippen molar-refractivity contribution >= 4 is 50.7 Å². The summed E-state index contributed by atoms with van der Waals surface area (Å²) in [6, 6.07) is 17.2. The molecular formula is C29H33Cl2N3O4S. The van der Waals surface area contributed by atoms with Gasteiger partial charge in [-0.15, -0.1) is 0 Å². The average Bonchev–Trinajstić information content (AvgIpc) is 2.89. The molecule has 0 saturated carbocycles. The van der Waals surface area contributed by atoms with E-state index in [1.807, 2.05) is 33.8 Å². The highest BCUT2D eigenvalue weighted by atomic mass is 35.5. The van der Waals surface area contributed by atoms with Gasteiger partial charge in [0.2, 0.25) is 11.8 Å². The summed E-state index contributed by atoms with van der Waals surface area (Å²) in [4.78, 5) is 28.4. The molecule has 0 aliphatic heterocycles. The van der Waals surface area contributed by atoms with Crippen LogP contribution in [0.15, 0.2) is 71.6 Å². The zero-order valence-electron chi connectivity index (χ0n) is 22.6. The van der Waals surface area contributed by atoms with Crippen molar-refractivity contribution in [1.29, 1.82) is 0 Å². The van der Waals surface area contributed by atoms with Gasteiger partial charge in [-0.3, -0.25) is 13.9 Å². The second-order valence-corrected chi connectivity index (χ2v) is 12.3. The van der Waals surface area contributed by atoms with Gasteiger partial charge in [0.1, 0.15) is 12.6 Å². The molecule has 0 saturated heterocycles. The average molecular weight is 591 g/mol. The van der Waals surface area contributed by atoms with Crippen LogP contribution >= 0.6 is 23.2 Å². The van der Waals surface area contributed by atoms with E-state index in [4.69, 9.17) is 23.2 Å². The fourth-order valence-electron chi connectivity index (χ4n) is 4.06. The van der Waals surface area contributed by atoms with Crippen LogP contribution in [0.3, 0.4) is 0 Å². The largest absolute Gasteiger partial charge is 0.352 e. The van der Waals surface area contributed by atoms with Crippen LogP contribution in [0.25, 0.3) is 0 Å². The highest BCUT2D eigenvalue weighted by Gasteiger charge is 2.33. The number of anilines is 1. The van der Waals surface area contributed by atoms with Crippen molar-refractivity contribution < 1.29 is 18.0 Å². The van der Waals surface area contributed by atoms with Gasteiger partial charge in [0.15, 0.2) is 0 Å². The summed E-state index contributed by atoms with van der Waals surface area (Å²) in [5, 5.41) is 3.50. The first-order valence-electron chi connectivity index (χ1n) is 12.5. The third kappa shape index (κ3) is 7.32. The summed E-state index contributed by atoms with van der Waals surface area (Å²) in [6.45, 7) is 8.46. The van der Waals surface area contributed by atoms with Gasteiger partial charge in [-0.05, 0) is 81.6 Å². The van der Waals surface area contributed by atoms with Gasteiger partial charge in [-0.25, -0.2) is 8.42 Å². The normalized spacial score (nSPS) is 12.2. The quantitative estimate of drug-likeness (QED) is 0.326. The standard InChI is InChI=1S/C29H33Cl2N3O4S/c1-19(2)32-29(36)22(5)33(17-23-14-15-25(30)26(31)16-23)28(35)18-34(27-13-9-10-20(3)21(27)4)39(37,38)24-11-7-6-8-12-24/h6-16,19,22H,17-18H2,1-5H3,(H,32,36)/t22-/m1/s1. The molecule has 3 aromatic rings. The molecule has 0 fully saturated rings. The summed E-state index contributed by atoms with van der Waals surface area (Å²) < 4.78 is 28.9. The maximum Gasteiger partial charge on any atom is 0.264 e. The van der Waals surface area contributed by atoms with Gasteiger partial charge in [0, 0.05) is 12.6 Å². The number of hydrogen-bond donors (Lipinski definition) is 1. The minimum absolute atomic E-state index is 0.0223. The molecule has 0 heterocycles. The molecule has 0 unspecified atom stereocenters. The number of sulfonamides is 1. The van der Waals surface area contributed by atoms with E-state index >= 15 is 0 Å². The van der Waals surface area contributed by atoms with Crippen molar-refractivity contribution in [2.24, 2.45) is 0 Å². The van der Waals surface area contributed by atoms with Crippen LogP contribution in [0, 0.1) is 13.8 Å². The molecule has 0 radical (unpaired) electrons. The molecule has 3 rings (SSSR count). The monoisotopic (exact) mass is 589 g/mol. The van der Waals surface area contributed by atoms with Crippen molar-refractivity contribution in [3.8, 4) is 0 Å². The topological polar surface area (TPSA) is 86.8 Å². The number of carbonyl (C=O) groups is 2. The lowest BCUT2D eigenvalue weighted by Crippen LogP contribution is -2.52. The molecule has 7 nitrogen and oxygen atoms in total. The lowest BCUT2D eigenvalue weighted by Gasteiger charge is -2.33. The first-order chi connectivity index (χ1) is 18.3. The summed E-state index contributed by atoms with van der Waals surface area (Å²) in [6.07, 6.45) is 0. The van der Waals surface area contributed by atoms with E-state index in [0.29, 0.717) is 21.3 Å². The Bertz CT molecular complexity index is 1450. The number of nitrogens with zero attached hydrogens (tertiary/aromatic N) is 2. The van der Waals surface area contributed by atoms with Gasteiger partial charge in [-0.2, -0.15) is 0 Å². The Balaban J connectivity index is 2.08. The number of nitrogens with one attached hydrogen (secondary N) is 1. The second-order valence-electron chi connectivity index (χ2n) is 9.65. The van der Waals surface area contributed by atoms with Crippen molar-refractivity contribution in [2.75, 3.05) is 10.8 Å². The summed E-state index contributed by atoms with van der Waals surface area (Å²) in [7, 11) is -4.13. The van der Waals surface area contributed by atoms with E-state index in [1.54, 1.807) is 55.5 Å². The third-order valence-electron chi connectivity index (χ3n) is 6.39. The molecule has 3 aromatic carbocycles. The van der Waals surface area contributed by atoms with Gasteiger partial charge < -0.3 is 10.2 Å². The number of amides is 2. The predicted molar refractivity (Wildman–Crippen MR) is 157 cm³/mol. The summed E-state index contributed by atoms with van der Waals surface area (Å²) in [5.74, 6) is -0.907. The zero-order valence-corrected chi connectivity index (χ0v) is 24.9. The molecule has 39 heavy (non-hydrogen) atoms. The molecule has 1 atom stereocenters. The Morgan fingerprint density at radius 3 is 2.18 bits per heavy atom. The summed E-state index contributed by atoms with van der Waals surface area (Å²) in [5.41, 5.74) is 2.64. The molecular weight excluding hydrogens is 557 g/mol. The smallest absolute Gasteiger partial charge is 0.264 e. The highest BCUT2D eigenvalue weighted by molar-refractivity contribution is 7.92. The fourth-order valence-corrected chi connectivity index (χ4v) is 5.87. The minimum Gasteiger partial charge on any atom is -0.352 e. The lowest BCUT2D eigenvalue weighted by molar-refractivity contribution is -0.139. The van der Waals surface area contributed by atoms with E-state index in [0.717, 1.165) is 15.4 Å². The van der Waals surface area contributed by atoms with E-state index < -0.39 is 28.5 Å². The van der Waals surface area contributed by atoms with Crippen LogP contribution in [0.4, 0.5) is 5.69 Å². The SMILES string of the molecule is Cc1cccc(N(CC(=O)N(Cc2ccc(Cl)c(Cl)c2)[C@H](C)C(=O)NC(C)C)S(=O)(=O)c2ccccc2)c1C. The predicted octanol–water partition coefficient (Wildman–Crippen LogP) is 5.75. The third-order valence-corrected chi connectivity index (χ3v) is 8.90. The van der Waals surface area contributed by atoms with Gasteiger partial charge in [0.25, 0.3) is 10.0 Å². The van der Waals surface area contributed by atoms with Crippen LogP contribution in [-0.2, 0) is 26.2 Å². The Hall–Kier alpha value is -3.07. The maximum absolute atomic E-state index is 14.0. The van der Waals surface area contributed by atoms with E-state index in [9.17, 15) is 18.0 Å². The number of rotatable bonds is 10. The molecule has 1 N–H and O–H groups in total. The minimum atomic E-state index is -4.13. The molecule has 2 amide bonds. The molecule has 0 aliphatic carbocycles. The van der Waals surface area contributed by atoms with Gasteiger partial charge >= 0.3 is 0 Å². The first kappa shape index (κ1) is 30.5. The van der Waals surface area contributed by atoms with E-state index in [-0.39, 0.29) is 23.4 Å². The Kier molecular flexibility index (Phi) is 10.0. The van der Waals surface area contributed by atoms with Crippen LogP contribution in [0.1, 0.15) is 37.5 Å². The van der Waals surface area contributed by atoms with Crippen molar-refractivity contribution in [2.45, 2.75) is 58.1 Å². The Morgan fingerprint density at radius 1 is 0.897 bits per heavy atom. The van der Waals surface area contributed by atoms with Crippen LogP contribution < -0.4 is 9.62 Å².